The lowest BCUT2D eigenvalue weighted by Gasteiger charge is -2.17. The van der Waals surface area contributed by atoms with Gasteiger partial charge >= 0.3 is 5.97 Å². The molecule has 0 aliphatic carbocycles. The fourth-order valence-corrected chi connectivity index (χ4v) is 2.16. The summed E-state index contributed by atoms with van der Waals surface area (Å²) in [5.41, 5.74) is 8.62. The summed E-state index contributed by atoms with van der Waals surface area (Å²) >= 11 is 0. The quantitative estimate of drug-likeness (QED) is 0.821. The van der Waals surface area contributed by atoms with Crippen molar-refractivity contribution >= 4 is 5.97 Å². The standard InChI is InChI=1S/C14H20FNO2/c1-4-18-13(17)6-5-12(16)14-9(2)7-11(15)8-10(14)3/h7-8,12H,4-6,16H2,1-3H3. The monoisotopic (exact) mass is 253 g/mol. The fourth-order valence-electron chi connectivity index (χ4n) is 2.16. The number of benzene rings is 1. The molecule has 0 saturated carbocycles. The van der Waals surface area contributed by atoms with Crippen LogP contribution in [0.3, 0.4) is 0 Å². The zero-order chi connectivity index (χ0) is 13.7. The van der Waals surface area contributed by atoms with Crippen molar-refractivity contribution in [1.29, 1.82) is 0 Å². The molecule has 0 aliphatic rings. The van der Waals surface area contributed by atoms with Crippen molar-refractivity contribution in [3.8, 4) is 0 Å². The molecule has 1 aromatic carbocycles. The molecule has 4 heteroatoms. The molecular weight excluding hydrogens is 233 g/mol. The van der Waals surface area contributed by atoms with Crippen LogP contribution in [-0.4, -0.2) is 12.6 Å². The van der Waals surface area contributed by atoms with E-state index in [2.05, 4.69) is 0 Å². The first-order chi connectivity index (χ1) is 8.45. The number of aryl methyl sites for hydroxylation is 2. The summed E-state index contributed by atoms with van der Waals surface area (Å²) in [4.78, 5) is 11.3. The number of nitrogens with two attached hydrogens (primary N) is 1. The highest BCUT2D eigenvalue weighted by atomic mass is 19.1. The van der Waals surface area contributed by atoms with Crippen molar-refractivity contribution in [2.75, 3.05) is 6.61 Å². The van der Waals surface area contributed by atoms with Crippen LogP contribution in [-0.2, 0) is 9.53 Å². The fraction of sp³-hybridized carbons (Fsp3) is 0.500. The topological polar surface area (TPSA) is 52.3 Å². The van der Waals surface area contributed by atoms with Gasteiger partial charge in [0, 0.05) is 12.5 Å². The van der Waals surface area contributed by atoms with Crippen molar-refractivity contribution in [1.82, 2.24) is 0 Å². The Labute approximate surface area is 107 Å². The Bertz CT molecular complexity index is 409. The van der Waals surface area contributed by atoms with E-state index in [9.17, 15) is 9.18 Å². The molecule has 100 valence electrons. The van der Waals surface area contributed by atoms with Crippen LogP contribution in [0.4, 0.5) is 4.39 Å². The molecule has 3 nitrogen and oxygen atoms in total. The highest BCUT2D eigenvalue weighted by Crippen LogP contribution is 2.24. The molecule has 0 spiro atoms. The summed E-state index contributed by atoms with van der Waals surface area (Å²) in [6.07, 6.45) is 0.789. The van der Waals surface area contributed by atoms with Crippen LogP contribution in [0.25, 0.3) is 0 Å². The Morgan fingerprint density at radius 1 is 1.39 bits per heavy atom. The first-order valence-corrected chi connectivity index (χ1v) is 6.13. The third kappa shape index (κ3) is 3.81. The Morgan fingerprint density at radius 2 is 1.94 bits per heavy atom. The molecule has 1 atom stereocenters. The van der Waals surface area contributed by atoms with Gasteiger partial charge in [-0.05, 0) is 56.0 Å². The van der Waals surface area contributed by atoms with Crippen LogP contribution in [0.5, 0.6) is 0 Å². The van der Waals surface area contributed by atoms with Gasteiger partial charge in [-0.3, -0.25) is 4.79 Å². The lowest BCUT2D eigenvalue weighted by molar-refractivity contribution is -0.143. The maximum atomic E-state index is 13.2. The van der Waals surface area contributed by atoms with E-state index in [4.69, 9.17) is 10.5 Å². The molecular formula is C14H20FNO2. The summed E-state index contributed by atoms with van der Waals surface area (Å²) in [5, 5.41) is 0. The normalized spacial score (nSPS) is 12.3. The summed E-state index contributed by atoms with van der Waals surface area (Å²) in [7, 11) is 0. The average Bonchev–Trinajstić information content (AvgIpc) is 2.25. The highest BCUT2D eigenvalue weighted by Gasteiger charge is 2.15. The van der Waals surface area contributed by atoms with Crippen LogP contribution in [0.2, 0.25) is 0 Å². The smallest absolute Gasteiger partial charge is 0.305 e. The minimum absolute atomic E-state index is 0.245. The third-order valence-corrected chi connectivity index (χ3v) is 2.89. The summed E-state index contributed by atoms with van der Waals surface area (Å²) < 4.78 is 18.0. The first kappa shape index (κ1) is 14.6. The molecule has 0 fully saturated rings. The average molecular weight is 253 g/mol. The van der Waals surface area contributed by atoms with Gasteiger partial charge in [0.1, 0.15) is 5.82 Å². The van der Waals surface area contributed by atoms with Gasteiger partial charge in [-0.25, -0.2) is 4.39 Å². The predicted octanol–water partition coefficient (Wildman–Crippen LogP) is 2.79. The van der Waals surface area contributed by atoms with Crippen LogP contribution in [0, 0.1) is 19.7 Å². The zero-order valence-corrected chi connectivity index (χ0v) is 11.1. The SMILES string of the molecule is CCOC(=O)CCC(N)c1c(C)cc(F)cc1C. The Balaban J connectivity index is 2.73. The Kier molecular flexibility index (Phi) is 5.28. The Morgan fingerprint density at radius 3 is 2.44 bits per heavy atom. The lowest BCUT2D eigenvalue weighted by Crippen LogP contribution is -2.16. The summed E-state index contributed by atoms with van der Waals surface area (Å²) in [5.74, 6) is -0.503. The minimum Gasteiger partial charge on any atom is -0.466 e. The van der Waals surface area contributed by atoms with E-state index in [1.54, 1.807) is 6.92 Å². The second-order valence-electron chi connectivity index (χ2n) is 4.40. The van der Waals surface area contributed by atoms with Crippen LogP contribution in [0.15, 0.2) is 12.1 Å². The van der Waals surface area contributed by atoms with Crippen LogP contribution >= 0.6 is 0 Å². The molecule has 0 radical (unpaired) electrons. The number of hydrogen-bond acceptors (Lipinski definition) is 3. The van der Waals surface area contributed by atoms with E-state index in [1.165, 1.54) is 12.1 Å². The van der Waals surface area contributed by atoms with Crippen molar-refractivity contribution in [2.45, 2.75) is 39.7 Å². The first-order valence-electron chi connectivity index (χ1n) is 6.13. The molecule has 0 bridgehead atoms. The molecule has 1 rings (SSSR count). The third-order valence-electron chi connectivity index (χ3n) is 2.89. The van der Waals surface area contributed by atoms with Crippen LogP contribution < -0.4 is 5.73 Å². The zero-order valence-electron chi connectivity index (χ0n) is 11.1. The van der Waals surface area contributed by atoms with Crippen molar-refractivity contribution < 1.29 is 13.9 Å². The second kappa shape index (κ2) is 6.50. The molecule has 0 amide bonds. The van der Waals surface area contributed by atoms with Crippen molar-refractivity contribution in [3.05, 3.63) is 34.6 Å². The molecule has 0 aromatic heterocycles. The molecule has 18 heavy (non-hydrogen) atoms. The highest BCUT2D eigenvalue weighted by molar-refractivity contribution is 5.69. The van der Waals surface area contributed by atoms with E-state index < -0.39 is 0 Å². The largest absolute Gasteiger partial charge is 0.466 e. The molecule has 2 N–H and O–H groups in total. The maximum Gasteiger partial charge on any atom is 0.305 e. The van der Waals surface area contributed by atoms with E-state index in [1.807, 2.05) is 13.8 Å². The van der Waals surface area contributed by atoms with E-state index in [0.29, 0.717) is 13.0 Å². The number of rotatable bonds is 5. The molecule has 0 aliphatic heterocycles. The van der Waals surface area contributed by atoms with Crippen molar-refractivity contribution in [3.63, 3.8) is 0 Å². The van der Waals surface area contributed by atoms with E-state index in [0.717, 1.165) is 16.7 Å². The van der Waals surface area contributed by atoms with Gasteiger partial charge in [-0.1, -0.05) is 0 Å². The van der Waals surface area contributed by atoms with Crippen LogP contribution in [0.1, 0.15) is 42.5 Å². The minimum atomic E-state index is -0.269. The van der Waals surface area contributed by atoms with Gasteiger partial charge in [0.05, 0.1) is 6.61 Å². The van der Waals surface area contributed by atoms with E-state index >= 15 is 0 Å². The van der Waals surface area contributed by atoms with Gasteiger partial charge in [-0.15, -0.1) is 0 Å². The summed E-state index contributed by atoms with van der Waals surface area (Å²) in [6.45, 7) is 5.81. The molecule has 0 heterocycles. The second-order valence-corrected chi connectivity index (χ2v) is 4.40. The maximum absolute atomic E-state index is 13.2. The van der Waals surface area contributed by atoms with E-state index in [-0.39, 0.29) is 24.2 Å². The number of carbonyl (C=O) groups is 1. The predicted molar refractivity (Wildman–Crippen MR) is 68.7 cm³/mol. The van der Waals surface area contributed by atoms with Gasteiger partial charge in [0.15, 0.2) is 0 Å². The Hall–Kier alpha value is -1.42. The number of ether oxygens (including phenoxy) is 1. The van der Waals surface area contributed by atoms with Gasteiger partial charge in [-0.2, -0.15) is 0 Å². The summed E-state index contributed by atoms with van der Waals surface area (Å²) in [6, 6.07) is 2.66. The van der Waals surface area contributed by atoms with Gasteiger partial charge < -0.3 is 10.5 Å². The number of halogens is 1. The molecule has 1 aromatic rings. The van der Waals surface area contributed by atoms with Gasteiger partial charge in [0.25, 0.3) is 0 Å². The van der Waals surface area contributed by atoms with Gasteiger partial charge in [0.2, 0.25) is 0 Å². The number of esters is 1. The number of hydrogen-bond donors (Lipinski definition) is 1. The number of carbonyl (C=O) groups excluding carboxylic acids is 1. The lowest BCUT2D eigenvalue weighted by atomic mass is 9.94. The molecule has 1 unspecified atom stereocenters. The molecule has 0 saturated heterocycles. The van der Waals surface area contributed by atoms with Crippen molar-refractivity contribution in [2.24, 2.45) is 5.73 Å².